The zero-order valence-electron chi connectivity index (χ0n) is 31.8. The highest BCUT2D eigenvalue weighted by Crippen LogP contribution is 2.78. The van der Waals surface area contributed by atoms with Crippen LogP contribution in [0.5, 0.6) is 0 Å². The first-order valence-corrected chi connectivity index (χ1v) is 19.7. The Bertz CT molecular complexity index is 1290. The lowest BCUT2D eigenvalue weighted by atomic mass is 9.32. The van der Waals surface area contributed by atoms with Crippen LogP contribution < -0.4 is 5.73 Å². The van der Waals surface area contributed by atoms with E-state index < -0.39 is 11.4 Å². The van der Waals surface area contributed by atoms with Crippen molar-refractivity contribution < 1.29 is 24.2 Å². The Hall–Kier alpha value is -1.63. The van der Waals surface area contributed by atoms with Gasteiger partial charge in [0.1, 0.15) is 6.10 Å². The van der Waals surface area contributed by atoms with Crippen molar-refractivity contribution in [2.45, 2.75) is 158 Å². The van der Waals surface area contributed by atoms with E-state index in [9.17, 15) is 19.5 Å². The normalized spacial score (nSPS) is 45.1. The molecule has 5 aliphatic carbocycles. The predicted molar refractivity (Wildman–Crippen MR) is 189 cm³/mol. The fraction of sp³-hybridized carbons (Fsp3) is 0.927. The number of rotatable bonds is 7. The molecule has 1 amide bonds. The number of carbonyl (C=O) groups is 3. The van der Waals surface area contributed by atoms with E-state index in [1.165, 1.54) is 44.9 Å². The van der Waals surface area contributed by atoms with Gasteiger partial charge in [0.2, 0.25) is 5.91 Å². The van der Waals surface area contributed by atoms with Crippen molar-refractivity contribution in [3.63, 3.8) is 0 Å². The Morgan fingerprint density at radius 1 is 0.875 bits per heavy atom. The van der Waals surface area contributed by atoms with Crippen LogP contribution in [0.15, 0.2) is 0 Å². The number of carbonyl (C=O) groups excluding carboxylic acids is 2. The van der Waals surface area contributed by atoms with Crippen molar-refractivity contribution in [3.8, 4) is 0 Å². The number of ether oxygens (including phenoxy) is 1. The quantitative estimate of drug-likeness (QED) is 0.266. The second kappa shape index (κ2) is 12.0. The Labute approximate surface area is 291 Å². The topological polar surface area (TPSA) is 110 Å². The van der Waals surface area contributed by atoms with Gasteiger partial charge in [-0.3, -0.25) is 14.4 Å². The van der Waals surface area contributed by atoms with E-state index in [1.54, 1.807) is 13.8 Å². The third-order valence-electron chi connectivity index (χ3n) is 17.0. The van der Waals surface area contributed by atoms with Gasteiger partial charge in [-0.25, -0.2) is 0 Å². The summed E-state index contributed by atoms with van der Waals surface area (Å²) in [4.78, 5) is 40.7. The van der Waals surface area contributed by atoms with Crippen LogP contribution in [0.3, 0.4) is 0 Å². The summed E-state index contributed by atoms with van der Waals surface area (Å²) in [6, 6.07) is 0.131. The minimum Gasteiger partial charge on any atom is -0.481 e. The van der Waals surface area contributed by atoms with E-state index in [0.29, 0.717) is 41.4 Å². The molecule has 0 bridgehead atoms. The molecule has 0 aromatic heterocycles. The molecule has 0 unspecified atom stereocenters. The Morgan fingerprint density at radius 2 is 1.58 bits per heavy atom. The second-order valence-electron chi connectivity index (χ2n) is 20.3. The molecule has 5 saturated carbocycles. The smallest absolute Gasteiger partial charge is 0.309 e. The summed E-state index contributed by atoms with van der Waals surface area (Å²) in [5.74, 6) is 2.66. The molecule has 6 aliphatic rings. The number of hydrogen-bond acceptors (Lipinski definition) is 5. The van der Waals surface area contributed by atoms with E-state index in [1.807, 2.05) is 0 Å². The Morgan fingerprint density at radius 3 is 2.21 bits per heavy atom. The molecule has 0 aromatic rings. The summed E-state index contributed by atoms with van der Waals surface area (Å²) in [5, 5.41) is 9.59. The first-order chi connectivity index (χ1) is 22.2. The summed E-state index contributed by atoms with van der Waals surface area (Å²) < 4.78 is 6.18. The fourth-order valence-corrected chi connectivity index (χ4v) is 14.1. The van der Waals surface area contributed by atoms with Crippen LogP contribution in [-0.2, 0) is 19.1 Å². The van der Waals surface area contributed by atoms with E-state index in [2.05, 4.69) is 53.4 Å². The number of carboxylic acid groups (broad SMARTS) is 1. The molecular weight excluding hydrogens is 600 g/mol. The molecule has 1 aliphatic heterocycles. The second-order valence-corrected chi connectivity index (χ2v) is 20.3. The van der Waals surface area contributed by atoms with E-state index >= 15 is 0 Å². The maximum Gasteiger partial charge on any atom is 0.309 e. The number of nitrogens with zero attached hydrogens (tertiary/aromatic N) is 1. The number of carboxylic acids is 1. The molecule has 0 aromatic carbocycles. The van der Waals surface area contributed by atoms with Gasteiger partial charge in [-0.05, 0) is 142 Å². The molecule has 272 valence electrons. The number of fused-ring (bicyclic) bond motifs is 7. The third kappa shape index (κ3) is 5.40. The number of amides is 1. The van der Waals surface area contributed by atoms with Crippen LogP contribution in [0, 0.1) is 68.0 Å². The summed E-state index contributed by atoms with van der Waals surface area (Å²) in [7, 11) is 0. The maximum absolute atomic E-state index is 13.9. The van der Waals surface area contributed by atoms with Crippen LogP contribution in [0.2, 0.25) is 0 Å². The summed E-state index contributed by atoms with van der Waals surface area (Å²) in [6.45, 7) is 22.2. The predicted octanol–water partition coefficient (Wildman–Crippen LogP) is 8.09. The average molecular weight is 669 g/mol. The highest BCUT2D eigenvalue weighted by atomic mass is 16.5. The van der Waals surface area contributed by atoms with Crippen LogP contribution in [-0.4, -0.2) is 53.1 Å². The number of hydrogen-bond donors (Lipinski definition) is 2. The lowest BCUT2D eigenvalue weighted by molar-refractivity contribution is -0.252. The van der Waals surface area contributed by atoms with E-state index in [-0.39, 0.29) is 51.6 Å². The molecule has 1 heterocycles. The summed E-state index contributed by atoms with van der Waals surface area (Å²) in [5.41, 5.74) is 5.70. The zero-order valence-corrected chi connectivity index (χ0v) is 31.8. The highest BCUT2D eigenvalue weighted by Gasteiger charge is 2.71. The minimum absolute atomic E-state index is 0.103. The van der Waals surface area contributed by atoms with Crippen molar-refractivity contribution in [1.82, 2.24) is 4.90 Å². The zero-order chi connectivity index (χ0) is 35.2. The molecule has 11 atom stereocenters. The Balaban J connectivity index is 1.25. The first kappa shape index (κ1) is 36.2. The van der Waals surface area contributed by atoms with Gasteiger partial charge in [0.15, 0.2) is 0 Å². The van der Waals surface area contributed by atoms with Gasteiger partial charge in [-0.15, -0.1) is 0 Å². The lowest BCUT2D eigenvalue weighted by Gasteiger charge is -2.73. The van der Waals surface area contributed by atoms with Crippen molar-refractivity contribution in [2.24, 2.45) is 73.7 Å². The number of nitrogens with two attached hydrogens (primary N) is 1. The Kier molecular flexibility index (Phi) is 9.02. The van der Waals surface area contributed by atoms with Gasteiger partial charge in [-0.1, -0.05) is 48.5 Å². The number of likely N-dealkylation sites (tertiary alicyclic amines) is 1. The molecule has 0 spiro atoms. The molecule has 7 heteroatoms. The largest absolute Gasteiger partial charge is 0.481 e. The monoisotopic (exact) mass is 669 g/mol. The van der Waals surface area contributed by atoms with Crippen LogP contribution in [0.25, 0.3) is 0 Å². The number of esters is 1. The van der Waals surface area contributed by atoms with Crippen LogP contribution in [0.4, 0.5) is 0 Å². The molecule has 48 heavy (non-hydrogen) atoms. The van der Waals surface area contributed by atoms with Crippen LogP contribution in [0.1, 0.15) is 146 Å². The third-order valence-corrected chi connectivity index (χ3v) is 17.0. The van der Waals surface area contributed by atoms with Gasteiger partial charge < -0.3 is 20.5 Å². The molecule has 3 N–H and O–H groups in total. The standard InChI is InChI=1S/C41H68N2O5/c1-25(2)27-12-18-41(22-32(44)43-21-15-26(42)24-43)20-19-39(8)28(34(27)41)10-11-30-38(7)16-14-31(48-33(45)23-36(3,4)35(46)47)37(5,6)29(38)13-17-40(30,39)9/h25-31,34H,10-24,42H2,1-9H3,(H,46,47)/t26-,27+,28-,29+,30-,31+,34-,38+,39-,40-,41-/m1/s1. The van der Waals surface area contributed by atoms with Gasteiger partial charge in [-0.2, -0.15) is 0 Å². The van der Waals surface area contributed by atoms with E-state index in [4.69, 9.17) is 10.5 Å². The molecule has 0 radical (unpaired) electrons. The fourth-order valence-electron chi connectivity index (χ4n) is 14.1. The van der Waals surface area contributed by atoms with Gasteiger partial charge in [0.25, 0.3) is 0 Å². The van der Waals surface area contributed by atoms with Gasteiger partial charge in [0.05, 0.1) is 11.8 Å². The molecule has 7 nitrogen and oxygen atoms in total. The van der Waals surface area contributed by atoms with Crippen molar-refractivity contribution in [1.29, 1.82) is 0 Å². The van der Waals surface area contributed by atoms with Gasteiger partial charge in [0, 0.05) is 31.0 Å². The van der Waals surface area contributed by atoms with Crippen molar-refractivity contribution in [2.75, 3.05) is 13.1 Å². The van der Waals surface area contributed by atoms with Crippen LogP contribution >= 0.6 is 0 Å². The highest BCUT2D eigenvalue weighted by molar-refractivity contribution is 5.81. The summed E-state index contributed by atoms with van der Waals surface area (Å²) in [6.07, 6.45) is 13.0. The molecule has 6 fully saturated rings. The minimum atomic E-state index is -1.13. The summed E-state index contributed by atoms with van der Waals surface area (Å²) >= 11 is 0. The lowest BCUT2D eigenvalue weighted by Crippen LogP contribution is -2.67. The SMILES string of the molecule is CC(C)[C@@H]1CC[C@]2(CC(=O)N3CC[C@@H](N)C3)CC[C@]3(C)[C@H](CC[C@@H]4[C@@]5(C)CC[C@H](OC(=O)CC(C)(C)C(=O)O)C(C)(C)[C@@H]5CC[C@]43C)[C@@H]12. The first-order valence-electron chi connectivity index (χ1n) is 19.7. The maximum atomic E-state index is 13.9. The van der Waals surface area contributed by atoms with Crippen molar-refractivity contribution in [3.05, 3.63) is 0 Å². The van der Waals surface area contributed by atoms with E-state index in [0.717, 1.165) is 45.2 Å². The average Bonchev–Trinajstić information content (AvgIpc) is 3.59. The van der Waals surface area contributed by atoms with Gasteiger partial charge >= 0.3 is 11.9 Å². The number of aliphatic carboxylic acids is 1. The molecular formula is C41H68N2O5. The van der Waals surface area contributed by atoms with Crippen molar-refractivity contribution >= 4 is 17.8 Å². The molecule has 1 saturated heterocycles. The molecule has 6 rings (SSSR count).